The van der Waals surface area contributed by atoms with Gasteiger partial charge in [0.05, 0.1) is 12.9 Å². The molecule has 0 amide bonds. The zero-order valence-electron chi connectivity index (χ0n) is 9.61. The molecule has 0 aromatic carbocycles. The molecule has 1 aromatic heterocycles. The van der Waals surface area contributed by atoms with Crippen LogP contribution < -0.4 is 5.32 Å². The minimum atomic E-state index is -0.256. The monoisotopic (exact) mass is 241 g/mol. The molecule has 0 saturated heterocycles. The minimum Gasteiger partial charge on any atom is -0.468 e. The molecule has 0 bridgehead atoms. The molecule has 5 nitrogen and oxygen atoms in total. The number of methoxy groups -OCH3 is 1. The molecule has 0 spiro atoms. The lowest BCUT2D eigenvalue weighted by atomic mass is 10.4. The number of anilines is 1. The summed E-state index contributed by atoms with van der Waals surface area (Å²) in [6.07, 6.45) is 1.74. The quantitative estimate of drug-likeness (QED) is 0.478. The van der Waals surface area contributed by atoms with Crippen molar-refractivity contribution in [1.82, 2.24) is 9.97 Å². The van der Waals surface area contributed by atoms with E-state index < -0.39 is 0 Å². The van der Waals surface area contributed by atoms with Crippen molar-refractivity contribution in [2.24, 2.45) is 0 Å². The van der Waals surface area contributed by atoms with E-state index in [-0.39, 0.29) is 11.7 Å². The Morgan fingerprint density at radius 1 is 1.62 bits per heavy atom. The number of ether oxygens (including phenoxy) is 1. The third-order valence-corrected chi connectivity index (χ3v) is 2.88. The number of nitrogens with one attached hydrogen (secondary N) is 1. The van der Waals surface area contributed by atoms with E-state index in [0.29, 0.717) is 5.95 Å². The lowest BCUT2D eigenvalue weighted by Crippen LogP contribution is -2.06. The Hall–Kier alpha value is -1.30. The summed E-state index contributed by atoms with van der Waals surface area (Å²) in [4.78, 5) is 19.4. The Morgan fingerprint density at radius 2 is 2.38 bits per heavy atom. The zero-order valence-corrected chi connectivity index (χ0v) is 10.4. The Labute approximate surface area is 99.0 Å². The van der Waals surface area contributed by atoms with Crippen molar-refractivity contribution < 1.29 is 9.53 Å². The average Bonchev–Trinajstić information content (AvgIpc) is 2.29. The second kappa shape index (κ2) is 6.32. The Bertz CT molecular complexity index is 371. The van der Waals surface area contributed by atoms with Gasteiger partial charge in [0.25, 0.3) is 0 Å². The normalized spacial score (nSPS) is 9.94. The zero-order chi connectivity index (χ0) is 12.0. The van der Waals surface area contributed by atoms with Crippen molar-refractivity contribution in [1.29, 1.82) is 0 Å². The number of thioether (sulfide) groups is 1. The molecule has 6 heteroatoms. The molecule has 0 atom stereocenters. The summed E-state index contributed by atoms with van der Waals surface area (Å²) < 4.78 is 4.57. The van der Waals surface area contributed by atoms with Gasteiger partial charge in [0.2, 0.25) is 5.95 Å². The van der Waals surface area contributed by atoms with Crippen LogP contribution in [0.2, 0.25) is 0 Å². The maximum absolute atomic E-state index is 11.0. The first kappa shape index (κ1) is 12.8. The Kier molecular flexibility index (Phi) is 5.04. The average molecular weight is 241 g/mol. The molecule has 88 valence electrons. The van der Waals surface area contributed by atoms with Gasteiger partial charge >= 0.3 is 5.97 Å². The number of nitrogens with zero attached hydrogens (tertiary/aromatic N) is 2. The number of aromatic nitrogens is 2. The van der Waals surface area contributed by atoms with Crippen LogP contribution in [0.3, 0.4) is 0 Å². The number of aryl methyl sites for hydroxylation is 1. The van der Waals surface area contributed by atoms with Crippen LogP contribution in [0.15, 0.2) is 11.2 Å². The largest absolute Gasteiger partial charge is 0.468 e. The molecule has 1 N–H and O–H groups in total. The number of rotatable bonds is 5. The predicted octanol–water partition coefficient (Wildman–Crippen LogP) is 1.48. The fourth-order valence-electron chi connectivity index (χ4n) is 1.00. The van der Waals surface area contributed by atoms with Crippen LogP contribution in [0.25, 0.3) is 0 Å². The molecule has 0 aliphatic carbocycles. The molecule has 16 heavy (non-hydrogen) atoms. The molecule has 0 unspecified atom stereocenters. The van der Waals surface area contributed by atoms with Crippen molar-refractivity contribution >= 4 is 23.7 Å². The number of carbonyl (C=O) groups is 1. The maximum atomic E-state index is 11.0. The van der Waals surface area contributed by atoms with E-state index in [1.165, 1.54) is 18.9 Å². The first-order valence-corrected chi connectivity index (χ1v) is 5.93. The molecular formula is C10H15N3O2S. The van der Waals surface area contributed by atoms with Crippen LogP contribution in [0.4, 0.5) is 5.95 Å². The number of hydrogen-bond donors (Lipinski definition) is 1. The topological polar surface area (TPSA) is 64.1 Å². The summed E-state index contributed by atoms with van der Waals surface area (Å²) in [6, 6.07) is 0. The molecule has 0 aliphatic heterocycles. The highest BCUT2D eigenvalue weighted by atomic mass is 32.2. The van der Waals surface area contributed by atoms with Crippen LogP contribution in [-0.2, 0) is 9.53 Å². The van der Waals surface area contributed by atoms with E-state index in [9.17, 15) is 4.79 Å². The SMILES string of the molecule is CCNc1ncc(C)c(SCC(=O)OC)n1. The number of esters is 1. The predicted molar refractivity (Wildman–Crippen MR) is 63.7 cm³/mol. The van der Waals surface area contributed by atoms with E-state index in [1.54, 1.807) is 6.20 Å². The van der Waals surface area contributed by atoms with Crippen LogP contribution in [-0.4, -0.2) is 35.3 Å². The van der Waals surface area contributed by atoms with Crippen molar-refractivity contribution in [2.45, 2.75) is 18.9 Å². The molecule has 1 rings (SSSR count). The lowest BCUT2D eigenvalue weighted by Gasteiger charge is -2.06. The maximum Gasteiger partial charge on any atom is 0.316 e. The summed E-state index contributed by atoms with van der Waals surface area (Å²) in [6.45, 7) is 4.66. The molecular weight excluding hydrogens is 226 g/mol. The van der Waals surface area contributed by atoms with E-state index in [4.69, 9.17) is 0 Å². The minimum absolute atomic E-state index is 0.256. The van der Waals surface area contributed by atoms with Crippen LogP contribution in [0.1, 0.15) is 12.5 Å². The summed E-state index contributed by atoms with van der Waals surface area (Å²) >= 11 is 1.35. The summed E-state index contributed by atoms with van der Waals surface area (Å²) in [5.41, 5.74) is 0.954. The first-order valence-electron chi connectivity index (χ1n) is 4.94. The van der Waals surface area contributed by atoms with Gasteiger partial charge in [0.1, 0.15) is 5.03 Å². The highest BCUT2D eigenvalue weighted by Crippen LogP contribution is 2.20. The van der Waals surface area contributed by atoms with E-state index >= 15 is 0 Å². The molecule has 1 heterocycles. The Balaban J connectivity index is 2.70. The third-order valence-electron chi connectivity index (χ3n) is 1.81. The summed E-state index contributed by atoms with van der Waals surface area (Å²) in [5.74, 6) is 0.591. The van der Waals surface area contributed by atoms with Crippen molar-refractivity contribution in [3.05, 3.63) is 11.8 Å². The first-order chi connectivity index (χ1) is 7.67. The molecule has 0 radical (unpaired) electrons. The standard InChI is InChI=1S/C10H15N3O2S/c1-4-11-10-12-5-7(2)9(13-10)16-6-8(14)15-3/h5H,4,6H2,1-3H3,(H,11,12,13). The van der Waals surface area contributed by atoms with Gasteiger partial charge in [0, 0.05) is 12.7 Å². The van der Waals surface area contributed by atoms with Crippen molar-refractivity contribution in [3.63, 3.8) is 0 Å². The van der Waals surface area contributed by atoms with Gasteiger partial charge in [-0.3, -0.25) is 4.79 Å². The van der Waals surface area contributed by atoms with Gasteiger partial charge in [-0.25, -0.2) is 9.97 Å². The molecule has 0 fully saturated rings. The van der Waals surface area contributed by atoms with Crippen molar-refractivity contribution in [3.8, 4) is 0 Å². The van der Waals surface area contributed by atoms with Crippen LogP contribution in [0, 0.1) is 6.92 Å². The smallest absolute Gasteiger partial charge is 0.316 e. The van der Waals surface area contributed by atoms with Gasteiger partial charge in [0.15, 0.2) is 0 Å². The molecule has 1 aromatic rings. The highest BCUT2D eigenvalue weighted by molar-refractivity contribution is 7.99. The van der Waals surface area contributed by atoms with Gasteiger partial charge in [-0.1, -0.05) is 11.8 Å². The number of hydrogen-bond acceptors (Lipinski definition) is 6. The van der Waals surface area contributed by atoms with Crippen LogP contribution >= 0.6 is 11.8 Å². The second-order valence-corrected chi connectivity index (χ2v) is 4.04. The second-order valence-electron chi connectivity index (χ2n) is 3.08. The van der Waals surface area contributed by atoms with Gasteiger partial charge < -0.3 is 10.1 Å². The van der Waals surface area contributed by atoms with Crippen LogP contribution in [0.5, 0.6) is 0 Å². The lowest BCUT2D eigenvalue weighted by molar-refractivity contribution is -0.137. The van der Waals surface area contributed by atoms with E-state index in [2.05, 4.69) is 20.0 Å². The molecule has 0 aliphatic rings. The molecule has 0 saturated carbocycles. The third kappa shape index (κ3) is 3.69. The summed E-state index contributed by atoms with van der Waals surface area (Å²) in [7, 11) is 1.37. The van der Waals surface area contributed by atoms with E-state index in [1.807, 2.05) is 13.8 Å². The van der Waals surface area contributed by atoms with Gasteiger partial charge in [-0.2, -0.15) is 0 Å². The van der Waals surface area contributed by atoms with Gasteiger partial charge in [-0.15, -0.1) is 0 Å². The van der Waals surface area contributed by atoms with Gasteiger partial charge in [-0.05, 0) is 19.4 Å². The Morgan fingerprint density at radius 3 is 3.00 bits per heavy atom. The fourth-order valence-corrected chi connectivity index (χ4v) is 1.81. The number of carbonyl (C=O) groups excluding carboxylic acids is 1. The highest BCUT2D eigenvalue weighted by Gasteiger charge is 2.07. The van der Waals surface area contributed by atoms with Crippen molar-refractivity contribution in [2.75, 3.05) is 24.7 Å². The summed E-state index contributed by atoms with van der Waals surface area (Å²) in [5, 5.41) is 3.83. The fraction of sp³-hybridized carbons (Fsp3) is 0.500. The van der Waals surface area contributed by atoms with E-state index in [0.717, 1.165) is 17.1 Å².